The molecule has 0 aliphatic rings. The molecule has 0 amide bonds. The number of aromatic nitrogens is 3. The maximum atomic E-state index is 4.59. The number of halogens is 1. The molecule has 2 aromatic heterocycles. The van der Waals surface area contributed by atoms with Crippen LogP contribution in [0.5, 0.6) is 0 Å². The molecule has 0 bridgehead atoms. The predicted octanol–water partition coefficient (Wildman–Crippen LogP) is 4.31. The van der Waals surface area contributed by atoms with Gasteiger partial charge in [-0.15, -0.1) is 0 Å². The van der Waals surface area contributed by atoms with Crippen molar-refractivity contribution in [2.75, 3.05) is 0 Å². The van der Waals surface area contributed by atoms with Crippen molar-refractivity contribution >= 4 is 27.1 Å². The van der Waals surface area contributed by atoms with Gasteiger partial charge >= 0.3 is 0 Å². The Morgan fingerprint density at radius 1 is 1.05 bits per heavy atom. The van der Waals surface area contributed by atoms with Gasteiger partial charge in [0.15, 0.2) is 5.65 Å². The highest BCUT2D eigenvalue weighted by Crippen LogP contribution is 2.28. The van der Waals surface area contributed by atoms with Gasteiger partial charge in [0.1, 0.15) is 5.82 Å². The second-order valence-corrected chi connectivity index (χ2v) is 5.80. The number of hydrogen-bond donors (Lipinski definition) is 1. The Kier molecular flexibility index (Phi) is 2.90. The Balaban J connectivity index is 2.24. The Hall–Kier alpha value is -1.68. The van der Waals surface area contributed by atoms with E-state index in [9.17, 15) is 0 Å². The molecule has 96 valence electrons. The van der Waals surface area contributed by atoms with Crippen molar-refractivity contribution in [2.24, 2.45) is 0 Å². The first-order valence-corrected chi connectivity index (χ1v) is 6.93. The van der Waals surface area contributed by atoms with E-state index < -0.39 is 0 Å². The van der Waals surface area contributed by atoms with Crippen LogP contribution in [0.4, 0.5) is 0 Å². The monoisotopic (exact) mass is 315 g/mol. The zero-order valence-corrected chi connectivity index (χ0v) is 12.7. The molecule has 2 heterocycles. The van der Waals surface area contributed by atoms with Gasteiger partial charge in [0.25, 0.3) is 0 Å². The molecule has 0 atom stereocenters. The van der Waals surface area contributed by atoms with Gasteiger partial charge in [-0.25, -0.2) is 9.97 Å². The Labute approximate surface area is 120 Å². The van der Waals surface area contributed by atoms with Crippen LogP contribution in [0.2, 0.25) is 0 Å². The number of imidazole rings is 1. The second-order valence-electron chi connectivity index (χ2n) is 4.88. The van der Waals surface area contributed by atoms with Crippen molar-refractivity contribution in [1.29, 1.82) is 0 Å². The Bertz CT molecular complexity index is 751. The summed E-state index contributed by atoms with van der Waals surface area (Å²) in [7, 11) is 0. The third-order valence-electron chi connectivity index (χ3n) is 3.22. The molecule has 3 aromatic rings. The molecule has 0 radical (unpaired) electrons. The first-order chi connectivity index (χ1) is 9.04. The molecular formula is C15H14BrN3. The summed E-state index contributed by atoms with van der Waals surface area (Å²) in [4.78, 5) is 12.3. The summed E-state index contributed by atoms with van der Waals surface area (Å²) >= 11 is 3.43. The van der Waals surface area contributed by atoms with E-state index in [2.05, 4.69) is 63.8 Å². The zero-order valence-electron chi connectivity index (χ0n) is 11.1. The molecule has 0 spiro atoms. The summed E-state index contributed by atoms with van der Waals surface area (Å²) in [6.45, 7) is 6.35. The molecular weight excluding hydrogens is 302 g/mol. The molecule has 3 nitrogen and oxygen atoms in total. The molecule has 0 unspecified atom stereocenters. The molecule has 19 heavy (non-hydrogen) atoms. The van der Waals surface area contributed by atoms with Crippen LogP contribution < -0.4 is 0 Å². The van der Waals surface area contributed by atoms with Crippen LogP contribution in [0, 0.1) is 20.8 Å². The number of H-pyrrole nitrogens is 1. The van der Waals surface area contributed by atoms with Gasteiger partial charge in [-0.3, -0.25) is 0 Å². The minimum atomic E-state index is 0.748. The minimum Gasteiger partial charge on any atom is -0.337 e. The van der Waals surface area contributed by atoms with Crippen LogP contribution in [-0.2, 0) is 0 Å². The third kappa shape index (κ3) is 2.16. The highest BCUT2D eigenvalue weighted by Gasteiger charge is 2.11. The molecule has 0 saturated heterocycles. The SMILES string of the molecule is Cc1cc(C)c(-c2nc3ncc(Br)cc3[nH]2)c(C)c1. The smallest absolute Gasteiger partial charge is 0.178 e. The van der Waals surface area contributed by atoms with Gasteiger partial charge in [0.05, 0.1) is 5.52 Å². The summed E-state index contributed by atoms with van der Waals surface area (Å²) in [5.41, 5.74) is 6.60. The maximum absolute atomic E-state index is 4.59. The van der Waals surface area contributed by atoms with E-state index in [0.29, 0.717) is 0 Å². The average molecular weight is 316 g/mol. The molecule has 0 saturated carbocycles. The van der Waals surface area contributed by atoms with Gasteiger partial charge < -0.3 is 4.98 Å². The average Bonchev–Trinajstić information content (AvgIpc) is 2.69. The van der Waals surface area contributed by atoms with Crippen LogP contribution in [0.25, 0.3) is 22.6 Å². The number of aromatic amines is 1. The fourth-order valence-electron chi connectivity index (χ4n) is 2.55. The van der Waals surface area contributed by atoms with E-state index in [1.807, 2.05) is 6.07 Å². The summed E-state index contributed by atoms with van der Waals surface area (Å²) in [5, 5.41) is 0. The lowest BCUT2D eigenvalue weighted by atomic mass is 9.99. The molecule has 0 aliphatic heterocycles. The number of nitrogens with one attached hydrogen (secondary N) is 1. The molecule has 0 aliphatic carbocycles. The van der Waals surface area contributed by atoms with Crippen molar-refractivity contribution in [3.63, 3.8) is 0 Å². The Morgan fingerprint density at radius 2 is 1.74 bits per heavy atom. The largest absolute Gasteiger partial charge is 0.337 e. The summed E-state index contributed by atoms with van der Waals surface area (Å²) < 4.78 is 0.951. The fourth-order valence-corrected chi connectivity index (χ4v) is 2.88. The number of nitrogens with zero attached hydrogens (tertiary/aromatic N) is 2. The topological polar surface area (TPSA) is 41.6 Å². The first-order valence-electron chi connectivity index (χ1n) is 6.14. The van der Waals surface area contributed by atoms with Gasteiger partial charge in [0.2, 0.25) is 0 Å². The number of benzene rings is 1. The van der Waals surface area contributed by atoms with Gasteiger partial charge in [0, 0.05) is 16.2 Å². The van der Waals surface area contributed by atoms with Crippen molar-refractivity contribution < 1.29 is 0 Å². The Morgan fingerprint density at radius 3 is 2.42 bits per heavy atom. The van der Waals surface area contributed by atoms with Crippen molar-refractivity contribution in [1.82, 2.24) is 15.0 Å². The van der Waals surface area contributed by atoms with E-state index >= 15 is 0 Å². The third-order valence-corrected chi connectivity index (χ3v) is 3.65. The molecule has 3 rings (SSSR count). The first kappa shape index (κ1) is 12.4. The van der Waals surface area contributed by atoms with E-state index in [0.717, 1.165) is 21.5 Å². The minimum absolute atomic E-state index is 0.748. The van der Waals surface area contributed by atoms with Crippen LogP contribution >= 0.6 is 15.9 Å². The second kappa shape index (κ2) is 4.46. The standard InChI is InChI=1S/C15H14BrN3/c1-8-4-9(2)13(10(3)5-8)15-18-12-6-11(16)7-17-14(12)19-15/h4-7H,1-3H3,(H,17,18,19). The highest BCUT2D eigenvalue weighted by atomic mass is 79.9. The van der Waals surface area contributed by atoms with Gasteiger partial charge in [-0.2, -0.15) is 0 Å². The predicted molar refractivity (Wildman–Crippen MR) is 81.2 cm³/mol. The van der Waals surface area contributed by atoms with E-state index in [4.69, 9.17) is 0 Å². The molecule has 4 heteroatoms. The van der Waals surface area contributed by atoms with Crippen molar-refractivity contribution in [3.8, 4) is 11.4 Å². The normalized spacial score (nSPS) is 11.2. The number of hydrogen-bond acceptors (Lipinski definition) is 2. The maximum Gasteiger partial charge on any atom is 0.178 e. The van der Waals surface area contributed by atoms with E-state index in [1.54, 1.807) is 6.20 Å². The number of rotatable bonds is 1. The number of pyridine rings is 1. The quantitative estimate of drug-likeness (QED) is 0.727. The fraction of sp³-hybridized carbons (Fsp3) is 0.200. The van der Waals surface area contributed by atoms with Crippen LogP contribution in [0.15, 0.2) is 28.9 Å². The number of aryl methyl sites for hydroxylation is 3. The molecule has 1 aromatic carbocycles. The molecule has 0 fully saturated rings. The molecule has 1 N–H and O–H groups in total. The van der Waals surface area contributed by atoms with Crippen LogP contribution in [0.3, 0.4) is 0 Å². The van der Waals surface area contributed by atoms with Crippen LogP contribution in [0.1, 0.15) is 16.7 Å². The highest BCUT2D eigenvalue weighted by molar-refractivity contribution is 9.10. The van der Waals surface area contributed by atoms with E-state index in [-0.39, 0.29) is 0 Å². The van der Waals surface area contributed by atoms with Crippen molar-refractivity contribution in [2.45, 2.75) is 20.8 Å². The van der Waals surface area contributed by atoms with Gasteiger partial charge in [-0.05, 0) is 53.9 Å². The van der Waals surface area contributed by atoms with E-state index in [1.165, 1.54) is 22.3 Å². The lowest BCUT2D eigenvalue weighted by molar-refractivity contribution is 1.24. The number of fused-ring (bicyclic) bond motifs is 1. The van der Waals surface area contributed by atoms with Crippen LogP contribution in [-0.4, -0.2) is 15.0 Å². The summed E-state index contributed by atoms with van der Waals surface area (Å²) in [6.07, 6.45) is 1.77. The lowest BCUT2D eigenvalue weighted by Gasteiger charge is -2.08. The zero-order chi connectivity index (χ0) is 13.6. The summed E-state index contributed by atoms with van der Waals surface area (Å²) in [5.74, 6) is 0.885. The van der Waals surface area contributed by atoms with Crippen molar-refractivity contribution in [3.05, 3.63) is 45.6 Å². The van der Waals surface area contributed by atoms with Gasteiger partial charge in [-0.1, -0.05) is 17.7 Å². The summed E-state index contributed by atoms with van der Waals surface area (Å²) in [6, 6.07) is 6.36. The lowest BCUT2D eigenvalue weighted by Crippen LogP contribution is -1.91.